The Morgan fingerprint density at radius 2 is 1.05 bits per heavy atom. The molecule has 0 unspecified atom stereocenters. The lowest BCUT2D eigenvalue weighted by Crippen LogP contribution is -2.12. The van der Waals surface area contributed by atoms with Gasteiger partial charge in [0.15, 0.2) is 5.69 Å². The summed E-state index contributed by atoms with van der Waals surface area (Å²) in [4.78, 5) is 3.92. The number of nitriles is 1. The predicted octanol–water partition coefficient (Wildman–Crippen LogP) is 6.60. The highest BCUT2D eigenvalue weighted by molar-refractivity contribution is 5.72. The van der Waals surface area contributed by atoms with Crippen LogP contribution >= 0.6 is 0 Å². The molecule has 0 N–H and O–H groups in total. The molecule has 0 aliphatic carbocycles. The van der Waals surface area contributed by atoms with Crippen molar-refractivity contribution in [1.82, 2.24) is 0 Å². The van der Waals surface area contributed by atoms with E-state index in [1.165, 1.54) is 0 Å². The van der Waals surface area contributed by atoms with Crippen molar-refractivity contribution in [3.63, 3.8) is 0 Å². The molecule has 2 nitrogen and oxygen atoms in total. The average molecular weight is 296 g/mol. The molecule has 1 aromatic carbocycles. The van der Waals surface area contributed by atoms with E-state index in [1.54, 1.807) is 0 Å². The second kappa shape index (κ2) is 6.97. The van der Waals surface area contributed by atoms with Crippen LogP contribution in [0.2, 0.25) is 0 Å². The molecule has 0 aliphatic rings. The quantitative estimate of drug-likeness (QED) is 0.575. The molecule has 0 fully saturated rings. The van der Waals surface area contributed by atoms with Crippen LogP contribution in [0.4, 0.5) is 5.69 Å². The lowest BCUT2D eigenvalue weighted by Gasteiger charge is -2.28. The molecule has 0 heterocycles. The van der Waals surface area contributed by atoms with E-state index in [9.17, 15) is 5.26 Å². The Labute approximate surface area is 136 Å². The molecule has 0 aliphatic heterocycles. The summed E-state index contributed by atoms with van der Waals surface area (Å²) in [7, 11) is 0. The summed E-state index contributed by atoms with van der Waals surface area (Å²) in [6.45, 7) is 24.7. The van der Waals surface area contributed by atoms with Crippen LogP contribution in [0.5, 0.6) is 0 Å². The van der Waals surface area contributed by atoms with Crippen molar-refractivity contribution in [2.45, 2.75) is 79.1 Å². The molecule has 2 heteroatoms. The topological polar surface area (TPSA) is 28.1 Å². The third-order valence-electron chi connectivity index (χ3n) is 4.16. The van der Waals surface area contributed by atoms with Crippen LogP contribution in [0.3, 0.4) is 0 Å². The average Bonchev–Trinajstić information content (AvgIpc) is 2.42. The number of nitrogens with zero attached hydrogens (tertiary/aromatic N) is 2. The first-order valence-corrected chi connectivity index (χ1v) is 8.19. The molecule has 0 radical (unpaired) electrons. The van der Waals surface area contributed by atoms with E-state index in [-0.39, 0.29) is 23.7 Å². The van der Waals surface area contributed by atoms with Crippen molar-refractivity contribution in [1.29, 1.82) is 5.26 Å². The van der Waals surface area contributed by atoms with Crippen LogP contribution in [0.1, 0.15) is 107 Å². The van der Waals surface area contributed by atoms with Gasteiger partial charge in [0.05, 0.1) is 18.2 Å². The van der Waals surface area contributed by atoms with E-state index in [0.717, 1.165) is 33.5 Å². The molecule has 118 valence electrons. The summed E-state index contributed by atoms with van der Waals surface area (Å²) in [5.41, 5.74) is 5.92. The van der Waals surface area contributed by atoms with Crippen LogP contribution in [0.25, 0.3) is 4.85 Å². The van der Waals surface area contributed by atoms with Gasteiger partial charge >= 0.3 is 0 Å². The summed E-state index contributed by atoms with van der Waals surface area (Å²) < 4.78 is 0. The fourth-order valence-corrected chi connectivity index (χ4v) is 3.42. The van der Waals surface area contributed by atoms with Crippen molar-refractivity contribution in [3.8, 4) is 6.07 Å². The van der Waals surface area contributed by atoms with Gasteiger partial charge in [0.2, 0.25) is 0 Å². The highest BCUT2D eigenvalue weighted by Gasteiger charge is 2.28. The van der Waals surface area contributed by atoms with Crippen molar-refractivity contribution in [2.24, 2.45) is 0 Å². The second-order valence-electron chi connectivity index (χ2n) is 7.22. The van der Waals surface area contributed by atoms with E-state index in [4.69, 9.17) is 6.57 Å². The number of benzene rings is 1. The molecular weight excluding hydrogens is 268 g/mol. The first kappa shape index (κ1) is 18.2. The Morgan fingerprint density at radius 3 is 1.23 bits per heavy atom. The highest BCUT2D eigenvalue weighted by Crippen LogP contribution is 2.46. The molecule has 1 aromatic rings. The van der Waals surface area contributed by atoms with Gasteiger partial charge in [-0.3, -0.25) is 0 Å². The highest BCUT2D eigenvalue weighted by atomic mass is 14.7. The SMILES string of the molecule is [C-]#[N+]c1c(C(C)C)c(C(C)C)c(C#N)c(C(C)C)c1C(C)C. The zero-order chi connectivity index (χ0) is 17.2. The fraction of sp³-hybridized carbons (Fsp3) is 0.600. The minimum Gasteiger partial charge on any atom is -0.238 e. The monoisotopic (exact) mass is 296 g/mol. The third kappa shape index (κ3) is 3.02. The molecule has 0 atom stereocenters. The first-order valence-electron chi connectivity index (χ1n) is 8.19. The van der Waals surface area contributed by atoms with Crippen molar-refractivity contribution >= 4 is 5.69 Å². The van der Waals surface area contributed by atoms with Crippen molar-refractivity contribution in [2.75, 3.05) is 0 Å². The molecular formula is C20H28N2. The molecule has 22 heavy (non-hydrogen) atoms. The van der Waals surface area contributed by atoms with Gasteiger partial charge in [-0.2, -0.15) is 5.26 Å². The Morgan fingerprint density at radius 1 is 0.727 bits per heavy atom. The van der Waals surface area contributed by atoms with Crippen molar-refractivity contribution < 1.29 is 0 Å². The largest absolute Gasteiger partial charge is 0.238 e. The fourth-order valence-electron chi connectivity index (χ4n) is 3.42. The Balaban J connectivity index is 4.17. The number of hydrogen-bond acceptors (Lipinski definition) is 1. The summed E-state index contributed by atoms with van der Waals surface area (Å²) in [5, 5.41) is 9.85. The van der Waals surface area contributed by atoms with Gasteiger partial charge in [0, 0.05) is 0 Å². The van der Waals surface area contributed by atoms with Gasteiger partial charge in [0.1, 0.15) is 0 Å². The standard InChI is InChI=1S/C20H28N2/c1-11(2)16-15(10-21)17(12(3)4)19(14(7)8)20(22-9)18(16)13(5)6/h11-14H,1-8H3. The maximum absolute atomic E-state index is 9.85. The zero-order valence-corrected chi connectivity index (χ0v) is 15.2. The summed E-state index contributed by atoms with van der Waals surface area (Å²) in [6.07, 6.45) is 0. The molecule has 0 saturated carbocycles. The van der Waals surface area contributed by atoms with Crippen LogP contribution in [-0.2, 0) is 0 Å². The Bertz CT molecular complexity index is 537. The van der Waals surface area contributed by atoms with Crippen LogP contribution in [0.15, 0.2) is 0 Å². The van der Waals surface area contributed by atoms with Crippen LogP contribution < -0.4 is 0 Å². The van der Waals surface area contributed by atoms with E-state index >= 15 is 0 Å². The van der Waals surface area contributed by atoms with Gasteiger partial charge in [-0.25, -0.2) is 4.85 Å². The van der Waals surface area contributed by atoms with Gasteiger partial charge < -0.3 is 0 Å². The first-order chi connectivity index (χ1) is 10.2. The molecule has 0 saturated heterocycles. The normalized spacial score (nSPS) is 11.4. The van der Waals surface area contributed by atoms with Crippen LogP contribution in [0, 0.1) is 17.9 Å². The third-order valence-corrected chi connectivity index (χ3v) is 4.16. The molecule has 1 rings (SSSR count). The van der Waals surface area contributed by atoms with Gasteiger partial charge in [-0.15, -0.1) is 0 Å². The lowest BCUT2D eigenvalue weighted by molar-refractivity contribution is 0.748. The molecule has 0 aromatic heterocycles. The summed E-state index contributed by atoms with van der Waals surface area (Å²) in [5.74, 6) is 0.970. The maximum atomic E-state index is 9.85. The zero-order valence-electron chi connectivity index (χ0n) is 15.2. The van der Waals surface area contributed by atoms with Gasteiger partial charge in [-0.05, 0) is 45.9 Å². The lowest BCUT2D eigenvalue weighted by atomic mass is 9.76. The minimum absolute atomic E-state index is 0.242. The smallest absolute Gasteiger partial charge is 0.194 e. The molecule has 0 spiro atoms. The van der Waals surface area contributed by atoms with E-state index in [2.05, 4.69) is 66.3 Å². The predicted molar refractivity (Wildman–Crippen MR) is 93.8 cm³/mol. The van der Waals surface area contributed by atoms with E-state index in [0.29, 0.717) is 0 Å². The second-order valence-corrected chi connectivity index (χ2v) is 7.22. The van der Waals surface area contributed by atoms with E-state index < -0.39 is 0 Å². The Hall–Kier alpha value is -1.80. The van der Waals surface area contributed by atoms with Crippen LogP contribution in [-0.4, -0.2) is 0 Å². The maximum Gasteiger partial charge on any atom is 0.194 e. The van der Waals surface area contributed by atoms with E-state index in [1.807, 2.05) is 0 Å². The summed E-state index contributed by atoms with van der Waals surface area (Å²) >= 11 is 0. The minimum atomic E-state index is 0.242. The Kier molecular flexibility index (Phi) is 5.78. The molecule has 0 amide bonds. The van der Waals surface area contributed by atoms with Crippen molar-refractivity contribution in [3.05, 3.63) is 39.2 Å². The number of rotatable bonds is 4. The van der Waals surface area contributed by atoms with Gasteiger partial charge in [-0.1, -0.05) is 55.4 Å². The number of hydrogen-bond donors (Lipinski definition) is 0. The summed E-state index contributed by atoms with van der Waals surface area (Å²) in [6, 6.07) is 2.47. The van der Waals surface area contributed by atoms with Gasteiger partial charge in [0.25, 0.3) is 0 Å². The molecule has 0 bridgehead atoms.